The summed E-state index contributed by atoms with van der Waals surface area (Å²) in [4.78, 5) is 13.6. The average Bonchev–Trinajstić information content (AvgIpc) is 3.08. The Labute approximate surface area is 143 Å². The molecule has 0 radical (unpaired) electrons. The quantitative estimate of drug-likeness (QED) is 0.770. The number of hydrogen-bond donors (Lipinski definition) is 1. The maximum Gasteiger partial charge on any atom is 0.297 e. The summed E-state index contributed by atoms with van der Waals surface area (Å²) in [5.41, 5.74) is 1.20. The van der Waals surface area contributed by atoms with Gasteiger partial charge in [-0.05, 0) is 48.5 Å². The molecule has 2 aromatic carbocycles. The number of aromatic nitrogens is 4. The molecule has 0 spiro atoms. The molecule has 3 rings (SSSR count). The number of ether oxygens (including phenoxy) is 1. The molecule has 1 heterocycles. The highest BCUT2D eigenvalue weighted by atomic mass is 35.5. The Morgan fingerprint density at radius 2 is 1.96 bits per heavy atom. The van der Waals surface area contributed by atoms with Crippen molar-refractivity contribution >= 4 is 23.2 Å². The zero-order chi connectivity index (χ0) is 16.9. The van der Waals surface area contributed by atoms with E-state index in [1.807, 2.05) is 13.0 Å². The van der Waals surface area contributed by atoms with Crippen LogP contribution in [-0.4, -0.2) is 32.7 Å². The number of nitrogens with zero attached hydrogens (tertiary/aromatic N) is 4. The van der Waals surface area contributed by atoms with Crippen LogP contribution >= 0.6 is 11.6 Å². The van der Waals surface area contributed by atoms with Gasteiger partial charge >= 0.3 is 0 Å². The van der Waals surface area contributed by atoms with Gasteiger partial charge in [-0.25, -0.2) is 0 Å². The summed E-state index contributed by atoms with van der Waals surface area (Å²) >= 11 is 5.84. The van der Waals surface area contributed by atoms with Gasteiger partial charge in [0.05, 0.1) is 18.0 Å². The number of benzene rings is 2. The fraction of sp³-hybridized carbons (Fsp3) is 0.125. The molecule has 0 fully saturated rings. The Morgan fingerprint density at radius 3 is 2.71 bits per heavy atom. The lowest BCUT2D eigenvalue weighted by Crippen LogP contribution is -2.15. The molecule has 8 heteroatoms. The van der Waals surface area contributed by atoms with Crippen molar-refractivity contribution in [2.24, 2.45) is 0 Å². The third kappa shape index (κ3) is 3.52. The largest absolute Gasteiger partial charge is 0.492 e. The standard InChI is InChI=1S/C16H14ClN5O2/c1-2-24-14-6-4-3-5-13(14)18-16(23)15-19-21-22(20-15)12-9-7-11(17)8-10-12/h3-10H,2H2,1H3,(H,18,23). The molecule has 1 amide bonds. The number of anilines is 1. The van der Waals surface area contributed by atoms with Crippen LogP contribution in [0.2, 0.25) is 5.02 Å². The molecule has 0 bridgehead atoms. The van der Waals surface area contributed by atoms with Crippen LogP contribution in [0.3, 0.4) is 0 Å². The Bertz CT molecular complexity index is 848. The predicted octanol–water partition coefficient (Wildman–Crippen LogP) is 2.97. The summed E-state index contributed by atoms with van der Waals surface area (Å²) < 4.78 is 5.47. The van der Waals surface area contributed by atoms with Gasteiger partial charge in [0.15, 0.2) is 0 Å². The molecule has 0 saturated carbocycles. The summed E-state index contributed by atoms with van der Waals surface area (Å²) in [5.74, 6) is 0.0667. The van der Waals surface area contributed by atoms with Crippen LogP contribution in [0, 0.1) is 0 Å². The molecule has 24 heavy (non-hydrogen) atoms. The normalized spacial score (nSPS) is 10.4. The van der Waals surface area contributed by atoms with Crippen molar-refractivity contribution in [1.29, 1.82) is 0 Å². The van der Waals surface area contributed by atoms with E-state index in [-0.39, 0.29) is 5.82 Å². The molecule has 0 aliphatic rings. The number of rotatable bonds is 5. The van der Waals surface area contributed by atoms with Gasteiger partial charge in [0.1, 0.15) is 5.75 Å². The number of carbonyl (C=O) groups excluding carboxylic acids is 1. The fourth-order valence-electron chi connectivity index (χ4n) is 2.02. The van der Waals surface area contributed by atoms with E-state index in [2.05, 4.69) is 20.7 Å². The molecule has 0 saturated heterocycles. The molecule has 1 aromatic heterocycles. The van der Waals surface area contributed by atoms with Gasteiger partial charge in [0.2, 0.25) is 0 Å². The number of nitrogens with one attached hydrogen (secondary N) is 1. The van der Waals surface area contributed by atoms with Crippen LogP contribution < -0.4 is 10.1 Å². The molecule has 0 aliphatic carbocycles. The fourth-order valence-corrected chi connectivity index (χ4v) is 2.14. The second-order valence-corrected chi connectivity index (χ2v) is 5.20. The first kappa shape index (κ1) is 15.9. The smallest absolute Gasteiger partial charge is 0.297 e. The van der Waals surface area contributed by atoms with Gasteiger partial charge in [0.25, 0.3) is 11.7 Å². The monoisotopic (exact) mass is 343 g/mol. The van der Waals surface area contributed by atoms with Crippen molar-refractivity contribution in [3.63, 3.8) is 0 Å². The summed E-state index contributed by atoms with van der Waals surface area (Å²) in [6.07, 6.45) is 0. The van der Waals surface area contributed by atoms with Crippen molar-refractivity contribution in [3.8, 4) is 11.4 Å². The number of tetrazole rings is 1. The van der Waals surface area contributed by atoms with Crippen LogP contribution in [0.5, 0.6) is 5.75 Å². The Balaban J connectivity index is 1.78. The van der Waals surface area contributed by atoms with E-state index in [9.17, 15) is 4.79 Å². The van der Waals surface area contributed by atoms with Crippen LogP contribution in [0.1, 0.15) is 17.5 Å². The van der Waals surface area contributed by atoms with E-state index in [1.165, 1.54) is 4.80 Å². The van der Waals surface area contributed by atoms with E-state index in [0.717, 1.165) is 0 Å². The highest BCUT2D eigenvalue weighted by Gasteiger charge is 2.15. The number of halogens is 1. The molecule has 3 aromatic rings. The Kier molecular flexibility index (Phi) is 4.72. The van der Waals surface area contributed by atoms with Gasteiger partial charge in [-0.1, -0.05) is 23.7 Å². The van der Waals surface area contributed by atoms with E-state index in [0.29, 0.717) is 28.8 Å². The minimum Gasteiger partial charge on any atom is -0.492 e. The minimum atomic E-state index is -0.470. The molecule has 0 atom stereocenters. The molecular weight excluding hydrogens is 330 g/mol. The third-order valence-corrected chi connectivity index (χ3v) is 3.36. The first-order valence-corrected chi connectivity index (χ1v) is 7.64. The van der Waals surface area contributed by atoms with Gasteiger partial charge in [-0.2, -0.15) is 0 Å². The average molecular weight is 344 g/mol. The zero-order valence-corrected chi connectivity index (χ0v) is 13.6. The first-order chi connectivity index (χ1) is 11.7. The van der Waals surface area contributed by atoms with Crippen molar-refractivity contribution in [3.05, 3.63) is 59.4 Å². The van der Waals surface area contributed by atoms with Crippen LogP contribution in [0.15, 0.2) is 48.5 Å². The second-order valence-electron chi connectivity index (χ2n) is 4.76. The SMILES string of the molecule is CCOc1ccccc1NC(=O)c1nnn(-c2ccc(Cl)cc2)n1. The van der Waals surface area contributed by atoms with Crippen molar-refractivity contribution in [2.45, 2.75) is 6.92 Å². The zero-order valence-electron chi connectivity index (χ0n) is 12.8. The molecular formula is C16H14ClN5O2. The molecule has 7 nitrogen and oxygen atoms in total. The second kappa shape index (κ2) is 7.10. The lowest BCUT2D eigenvalue weighted by molar-refractivity contribution is 0.101. The minimum absolute atomic E-state index is 0.0451. The number of amides is 1. The van der Waals surface area contributed by atoms with E-state index < -0.39 is 5.91 Å². The summed E-state index contributed by atoms with van der Waals surface area (Å²) in [5, 5.41) is 15.1. The summed E-state index contributed by atoms with van der Waals surface area (Å²) in [6, 6.07) is 14.0. The van der Waals surface area contributed by atoms with Crippen molar-refractivity contribution < 1.29 is 9.53 Å². The number of para-hydroxylation sites is 2. The summed E-state index contributed by atoms with van der Waals surface area (Å²) in [6.45, 7) is 2.37. The molecule has 122 valence electrons. The third-order valence-electron chi connectivity index (χ3n) is 3.11. The van der Waals surface area contributed by atoms with Gasteiger partial charge in [0, 0.05) is 5.02 Å². The highest BCUT2D eigenvalue weighted by molar-refractivity contribution is 6.30. The number of carbonyl (C=O) groups is 1. The first-order valence-electron chi connectivity index (χ1n) is 7.26. The van der Waals surface area contributed by atoms with E-state index >= 15 is 0 Å². The van der Waals surface area contributed by atoms with Crippen molar-refractivity contribution in [1.82, 2.24) is 20.2 Å². The number of hydrogen-bond acceptors (Lipinski definition) is 5. The topological polar surface area (TPSA) is 81.9 Å². The maximum absolute atomic E-state index is 12.3. The highest BCUT2D eigenvalue weighted by Crippen LogP contribution is 2.23. The Hall–Kier alpha value is -2.93. The van der Waals surface area contributed by atoms with E-state index in [1.54, 1.807) is 42.5 Å². The molecule has 0 aliphatic heterocycles. The van der Waals surface area contributed by atoms with Crippen LogP contribution in [0.25, 0.3) is 5.69 Å². The predicted molar refractivity (Wildman–Crippen MR) is 89.7 cm³/mol. The Morgan fingerprint density at radius 1 is 1.21 bits per heavy atom. The van der Waals surface area contributed by atoms with Gasteiger partial charge in [-0.15, -0.1) is 15.0 Å². The lowest BCUT2D eigenvalue weighted by atomic mass is 10.3. The molecule has 0 unspecified atom stereocenters. The van der Waals surface area contributed by atoms with Crippen LogP contribution in [-0.2, 0) is 0 Å². The van der Waals surface area contributed by atoms with Gasteiger partial charge in [-0.3, -0.25) is 4.79 Å². The lowest BCUT2D eigenvalue weighted by Gasteiger charge is -2.09. The molecule has 1 N–H and O–H groups in total. The van der Waals surface area contributed by atoms with E-state index in [4.69, 9.17) is 16.3 Å². The summed E-state index contributed by atoms with van der Waals surface area (Å²) in [7, 11) is 0. The van der Waals surface area contributed by atoms with Crippen LogP contribution in [0.4, 0.5) is 5.69 Å². The van der Waals surface area contributed by atoms with Crippen molar-refractivity contribution in [2.75, 3.05) is 11.9 Å². The maximum atomic E-state index is 12.3. The van der Waals surface area contributed by atoms with Gasteiger partial charge < -0.3 is 10.1 Å².